The van der Waals surface area contributed by atoms with Crippen LogP contribution in [0, 0.1) is 0 Å². The zero-order chi connectivity index (χ0) is 13.2. The molecule has 2 aromatic heterocycles. The minimum atomic E-state index is -0.0172. The summed E-state index contributed by atoms with van der Waals surface area (Å²) in [5.41, 5.74) is 1.61. The highest BCUT2D eigenvalue weighted by atomic mass is 16.2. The number of likely N-dealkylation sites (tertiary alicyclic amines) is 1. The van der Waals surface area contributed by atoms with E-state index < -0.39 is 0 Å². The Morgan fingerprint density at radius 3 is 3.37 bits per heavy atom. The van der Waals surface area contributed by atoms with Gasteiger partial charge < -0.3 is 15.2 Å². The second-order valence-electron chi connectivity index (χ2n) is 4.59. The van der Waals surface area contributed by atoms with Gasteiger partial charge in [0, 0.05) is 25.3 Å². The first kappa shape index (κ1) is 11.7. The summed E-state index contributed by atoms with van der Waals surface area (Å²) < 4.78 is 0. The number of aromatic amines is 1. The third-order valence-electron chi connectivity index (χ3n) is 3.29. The van der Waals surface area contributed by atoms with Gasteiger partial charge in [-0.05, 0) is 18.6 Å². The van der Waals surface area contributed by atoms with Gasteiger partial charge in [0.1, 0.15) is 11.3 Å². The van der Waals surface area contributed by atoms with Gasteiger partial charge in [0.15, 0.2) is 5.65 Å². The van der Waals surface area contributed by atoms with Crippen LogP contribution in [-0.4, -0.2) is 44.9 Å². The molecule has 1 aliphatic heterocycles. The number of carbonyl (C=O) groups excluding carboxylic acids is 1. The van der Waals surface area contributed by atoms with Gasteiger partial charge in [-0.15, -0.1) is 0 Å². The molecule has 0 aliphatic carbocycles. The van der Waals surface area contributed by atoms with E-state index in [1.165, 1.54) is 6.08 Å². The van der Waals surface area contributed by atoms with Crippen LogP contribution in [0.3, 0.4) is 0 Å². The fourth-order valence-electron chi connectivity index (χ4n) is 2.32. The predicted molar refractivity (Wildman–Crippen MR) is 72.7 cm³/mol. The largest absolute Gasteiger partial charge is 0.364 e. The SMILES string of the molecule is C=CC(=O)N1CCC(Nc2cnc3[nH]ccc3n2)C1. The van der Waals surface area contributed by atoms with E-state index in [0.29, 0.717) is 6.54 Å². The van der Waals surface area contributed by atoms with E-state index in [4.69, 9.17) is 0 Å². The van der Waals surface area contributed by atoms with Crippen LogP contribution in [0.5, 0.6) is 0 Å². The van der Waals surface area contributed by atoms with Crippen LogP contribution in [0.15, 0.2) is 31.1 Å². The van der Waals surface area contributed by atoms with E-state index in [2.05, 4.69) is 26.8 Å². The summed E-state index contributed by atoms with van der Waals surface area (Å²) in [4.78, 5) is 25.0. The molecule has 1 atom stereocenters. The van der Waals surface area contributed by atoms with E-state index in [1.807, 2.05) is 12.3 Å². The van der Waals surface area contributed by atoms with Gasteiger partial charge in [0.25, 0.3) is 0 Å². The third kappa shape index (κ3) is 2.29. The normalized spacial score (nSPS) is 18.7. The van der Waals surface area contributed by atoms with E-state index >= 15 is 0 Å². The van der Waals surface area contributed by atoms with Crippen molar-refractivity contribution >= 4 is 22.9 Å². The molecule has 2 aromatic rings. The summed E-state index contributed by atoms with van der Waals surface area (Å²) >= 11 is 0. The quantitative estimate of drug-likeness (QED) is 0.809. The lowest BCUT2D eigenvalue weighted by molar-refractivity contribution is -0.125. The van der Waals surface area contributed by atoms with Crippen LogP contribution in [0.2, 0.25) is 0 Å². The molecule has 0 saturated carbocycles. The van der Waals surface area contributed by atoms with Crippen LogP contribution >= 0.6 is 0 Å². The lowest BCUT2D eigenvalue weighted by Crippen LogP contribution is -2.30. The van der Waals surface area contributed by atoms with Crippen molar-refractivity contribution in [1.29, 1.82) is 0 Å². The maximum Gasteiger partial charge on any atom is 0.246 e. The van der Waals surface area contributed by atoms with Gasteiger partial charge in [0.05, 0.1) is 6.20 Å². The van der Waals surface area contributed by atoms with Crippen molar-refractivity contribution in [2.24, 2.45) is 0 Å². The topological polar surface area (TPSA) is 73.9 Å². The summed E-state index contributed by atoms with van der Waals surface area (Å²) in [5, 5.41) is 3.32. The fraction of sp³-hybridized carbons (Fsp3) is 0.308. The highest BCUT2D eigenvalue weighted by molar-refractivity contribution is 5.87. The molecule has 3 rings (SSSR count). The maximum absolute atomic E-state index is 11.5. The van der Waals surface area contributed by atoms with Crippen LogP contribution in [0.1, 0.15) is 6.42 Å². The first-order chi connectivity index (χ1) is 9.26. The highest BCUT2D eigenvalue weighted by Gasteiger charge is 2.24. The molecule has 2 N–H and O–H groups in total. The average Bonchev–Trinajstić information content (AvgIpc) is 3.06. The van der Waals surface area contributed by atoms with Gasteiger partial charge in [-0.25, -0.2) is 9.97 Å². The summed E-state index contributed by atoms with van der Waals surface area (Å²) in [5.74, 6) is 0.724. The molecule has 0 radical (unpaired) electrons. The van der Waals surface area contributed by atoms with Crippen molar-refractivity contribution in [3.8, 4) is 0 Å². The Labute approximate surface area is 110 Å². The molecule has 19 heavy (non-hydrogen) atoms. The van der Waals surface area contributed by atoms with Crippen molar-refractivity contribution in [3.05, 3.63) is 31.1 Å². The Hall–Kier alpha value is -2.37. The first-order valence-corrected chi connectivity index (χ1v) is 6.24. The summed E-state index contributed by atoms with van der Waals surface area (Å²) in [7, 11) is 0. The second kappa shape index (κ2) is 4.72. The van der Waals surface area contributed by atoms with Gasteiger partial charge in [-0.1, -0.05) is 6.58 Å². The number of rotatable bonds is 3. The molecule has 3 heterocycles. The number of aromatic nitrogens is 3. The van der Waals surface area contributed by atoms with Crippen LogP contribution in [0.25, 0.3) is 11.2 Å². The Bertz CT molecular complexity index is 620. The maximum atomic E-state index is 11.5. The molecule has 1 unspecified atom stereocenters. The minimum absolute atomic E-state index is 0.0172. The van der Waals surface area contributed by atoms with Crippen molar-refractivity contribution in [2.75, 3.05) is 18.4 Å². The first-order valence-electron chi connectivity index (χ1n) is 6.24. The molecule has 1 fully saturated rings. The molecule has 0 aromatic carbocycles. The van der Waals surface area contributed by atoms with E-state index in [9.17, 15) is 4.79 Å². The average molecular weight is 257 g/mol. The van der Waals surface area contributed by atoms with E-state index in [1.54, 1.807) is 11.1 Å². The molecule has 1 saturated heterocycles. The van der Waals surface area contributed by atoms with E-state index in [0.717, 1.165) is 29.9 Å². The molecule has 6 heteroatoms. The standard InChI is InChI=1S/C13H15N5O/c1-2-12(19)18-6-4-9(8-18)16-11-7-15-13-10(17-11)3-5-14-13/h2-3,5,7,9H,1,4,6,8H2,(H,14,15)(H,16,17). The van der Waals surface area contributed by atoms with Crippen molar-refractivity contribution < 1.29 is 4.79 Å². The third-order valence-corrected chi connectivity index (χ3v) is 3.29. The zero-order valence-corrected chi connectivity index (χ0v) is 10.5. The summed E-state index contributed by atoms with van der Waals surface area (Å²) in [6.45, 7) is 4.94. The smallest absolute Gasteiger partial charge is 0.246 e. The number of carbonyl (C=O) groups is 1. The molecular formula is C13H15N5O. The van der Waals surface area contributed by atoms with Gasteiger partial charge in [-0.2, -0.15) is 0 Å². The predicted octanol–water partition coefficient (Wildman–Crippen LogP) is 1.16. The van der Waals surface area contributed by atoms with Crippen molar-refractivity contribution in [3.63, 3.8) is 0 Å². The Morgan fingerprint density at radius 2 is 2.53 bits per heavy atom. The fourth-order valence-corrected chi connectivity index (χ4v) is 2.32. The van der Waals surface area contributed by atoms with Gasteiger partial charge in [0.2, 0.25) is 5.91 Å². The molecule has 98 valence electrons. The second-order valence-corrected chi connectivity index (χ2v) is 4.59. The number of nitrogens with one attached hydrogen (secondary N) is 2. The number of hydrogen-bond acceptors (Lipinski definition) is 4. The van der Waals surface area contributed by atoms with Gasteiger partial charge >= 0.3 is 0 Å². The number of anilines is 1. The number of amides is 1. The Kier molecular flexibility index (Phi) is 2.91. The number of hydrogen-bond donors (Lipinski definition) is 2. The molecule has 0 spiro atoms. The number of fused-ring (bicyclic) bond motifs is 1. The van der Waals surface area contributed by atoms with Crippen molar-refractivity contribution in [2.45, 2.75) is 12.5 Å². The number of nitrogens with zero attached hydrogens (tertiary/aromatic N) is 3. The van der Waals surface area contributed by atoms with Crippen LogP contribution in [0.4, 0.5) is 5.82 Å². The van der Waals surface area contributed by atoms with Crippen LogP contribution < -0.4 is 5.32 Å². The lowest BCUT2D eigenvalue weighted by Gasteiger charge is -2.15. The monoisotopic (exact) mass is 257 g/mol. The molecule has 1 aliphatic rings. The van der Waals surface area contributed by atoms with Crippen LogP contribution in [-0.2, 0) is 4.79 Å². The Morgan fingerprint density at radius 1 is 1.63 bits per heavy atom. The lowest BCUT2D eigenvalue weighted by atomic mass is 10.2. The Balaban J connectivity index is 1.68. The number of H-pyrrole nitrogens is 1. The summed E-state index contributed by atoms with van der Waals surface area (Å²) in [6.07, 6.45) is 5.78. The molecule has 6 nitrogen and oxygen atoms in total. The van der Waals surface area contributed by atoms with E-state index in [-0.39, 0.29) is 11.9 Å². The molecule has 0 bridgehead atoms. The van der Waals surface area contributed by atoms with Crippen molar-refractivity contribution in [1.82, 2.24) is 19.9 Å². The highest BCUT2D eigenvalue weighted by Crippen LogP contribution is 2.16. The van der Waals surface area contributed by atoms with Gasteiger partial charge in [-0.3, -0.25) is 4.79 Å². The molecule has 1 amide bonds. The minimum Gasteiger partial charge on any atom is -0.364 e. The summed E-state index contributed by atoms with van der Waals surface area (Å²) in [6, 6.07) is 2.10. The molecular weight excluding hydrogens is 242 g/mol. The zero-order valence-electron chi connectivity index (χ0n) is 10.5.